The van der Waals surface area contributed by atoms with Crippen LogP contribution in [0.4, 0.5) is 0 Å². The van der Waals surface area contributed by atoms with Crippen LogP contribution in [0.25, 0.3) is 0 Å². The molecule has 0 aromatic heterocycles. The van der Waals surface area contributed by atoms with Crippen molar-refractivity contribution in [2.24, 2.45) is 0 Å². The van der Waals surface area contributed by atoms with Crippen molar-refractivity contribution in [2.45, 2.75) is 19.3 Å². The number of benzene rings is 2. The first kappa shape index (κ1) is 18.8. The molecule has 2 aromatic carbocycles. The SMILES string of the molecule is CC(CC(=O)c1c(O)cc(O)cc1OP(=O)(O)O)c1cccc(O)c1. The number of phenols is 3. The van der Waals surface area contributed by atoms with Crippen molar-refractivity contribution >= 4 is 13.6 Å². The summed E-state index contributed by atoms with van der Waals surface area (Å²) in [5.41, 5.74) is 0.234. The van der Waals surface area contributed by atoms with E-state index in [1.807, 2.05) is 0 Å². The highest BCUT2D eigenvalue weighted by Gasteiger charge is 2.26. The molecule has 0 heterocycles. The fourth-order valence-electron chi connectivity index (χ4n) is 2.40. The molecule has 1 atom stereocenters. The first-order valence-electron chi connectivity index (χ1n) is 7.20. The lowest BCUT2D eigenvalue weighted by Gasteiger charge is -2.15. The van der Waals surface area contributed by atoms with Gasteiger partial charge in [0.2, 0.25) is 0 Å². The van der Waals surface area contributed by atoms with Crippen LogP contribution in [0, 0.1) is 0 Å². The minimum absolute atomic E-state index is 0.0369. The maximum Gasteiger partial charge on any atom is 0.524 e. The van der Waals surface area contributed by atoms with Gasteiger partial charge in [-0.25, -0.2) is 4.57 Å². The Balaban J connectivity index is 2.33. The zero-order chi connectivity index (χ0) is 18.8. The first-order chi connectivity index (χ1) is 11.6. The molecule has 8 nitrogen and oxygen atoms in total. The molecule has 25 heavy (non-hydrogen) atoms. The molecule has 0 saturated carbocycles. The van der Waals surface area contributed by atoms with Crippen LogP contribution < -0.4 is 4.52 Å². The van der Waals surface area contributed by atoms with Crippen molar-refractivity contribution in [1.82, 2.24) is 0 Å². The van der Waals surface area contributed by atoms with Crippen molar-refractivity contribution in [3.8, 4) is 23.0 Å². The van der Waals surface area contributed by atoms with E-state index in [2.05, 4.69) is 4.52 Å². The van der Waals surface area contributed by atoms with Gasteiger partial charge in [-0.1, -0.05) is 19.1 Å². The second kappa shape index (κ2) is 7.14. The van der Waals surface area contributed by atoms with Crippen LogP contribution in [-0.4, -0.2) is 30.9 Å². The fraction of sp³-hybridized carbons (Fsp3) is 0.188. The second-order valence-corrected chi connectivity index (χ2v) is 6.71. The number of carbonyl (C=O) groups excluding carboxylic acids is 1. The van der Waals surface area contributed by atoms with Crippen molar-refractivity contribution in [3.05, 3.63) is 47.5 Å². The van der Waals surface area contributed by atoms with Crippen LogP contribution in [0.2, 0.25) is 0 Å². The lowest BCUT2D eigenvalue weighted by atomic mass is 9.92. The molecule has 0 spiro atoms. The highest BCUT2D eigenvalue weighted by molar-refractivity contribution is 7.46. The van der Waals surface area contributed by atoms with Gasteiger partial charge in [0.15, 0.2) is 5.78 Å². The number of phosphoric ester groups is 1. The van der Waals surface area contributed by atoms with Crippen LogP contribution in [-0.2, 0) is 4.57 Å². The maximum atomic E-state index is 12.5. The third kappa shape index (κ3) is 4.96. The van der Waals surface area contributed by atoms with Gasteiger partial charge in [-0.3, -0.25) is 14.6 Å². The molecular weight excluding hydrogens is 351 g/mol. The van der Waals surface area contributed by atoms with E-state index in [1.165, 1.54) is 12.1 Å². The van der Waals surface area contributed by atoms with Crippen molar-refractivity contribution in [1.29, 1.82) is 0 Å². The lowest BCUT2D eigenvalue weighted by molar-refractivity contribution is 0.0971. The van der Waals surface area contributed by atoms with Gasteiger partial charge in [0.1, 0.15) is 28.6 Å². The van der Waals surface area contributed by atoms with Crippen molar-refractivity contribution in [3.63, 3.8) is 0 Å². The Kier molecular flexibility index (Phi) is 5.37. The summed E-state index contributed by atoms with van der Waals surface area (Å²) in [5, 5.41) is 28.9. The average molecular weight is 368 g/mol. The predicted octanol–water partition coefficient (Wildman–Crippen LogP) is 2.65. The average Bonchev–Trinajstić information content (AvgIpc) is 2.44. The molecule has 5 N–H and O–H groups in total. The topological polar surface area (TPSA) is 145 Å². The smallest absolute Gasteiger partial charge is 0.508 e. The number of ketones is 1. The summed E-state index contributed by atoms with van der Waals surface area (Å²) in [5.74, 6) is -2.74. The quantitative estimate of drug-likeness (QED) is 0.386. The van der Waals surface area contributed by atoms with Crippen LogP contribution in [0.1, 0.15) is 35.2 Å². The van der Waals surface area contributed by atoms with Gasteiger partial charge < -0.3 is 19.8 Å². The third-order valence-electron chi connectivity index (χ3n) is 3.49. The molecule has 0 aliphatic heterocycles. The Morgan fingerprint density at radius 1 is 1.12 bits per heavy atom. The normalized spacial score (nSPS) is 12.6. The number of hydrogen-bond acceptors (Lipinski definition) is 6. The lowest BCUT2D eigenvalue weighted by Crippen LogP contribution is -2.08. The number of phenolic OH excluding ortho intramolecular Hbond substituents is 3. The van der Waals surface area contributed by atoms with E-state index in [4.69, 9.17) is 9.79 Å². The molecule has 0 amide bonds. The first-order valence-corrected chi connectivity index (χ1v) is 8.73. The van der Waals surface area contributed by atoms with Crippen molar-refractivity contribution < 1.29 is 39.0 Å². The molecule has 2 rings (SSSR count). The summed E-state index contributed by atoms with van der Waals surface area (Å²) >= 11 is 0. The minimum atomic E-state index is -5.00. The molecule has 0 saturated heterocycles. The van der Waals surface area contributed by atoms with Crippen molar-refractivity contribution in [2.75, 3.05) is 0 Å². The summed E-state index contributed by atoms with van der Waals surface area (Å²) in [6.07, 6.45) is -0.126. The zero-order valence-electron chi connectivity index (χ0n) is 13.2. The number of Topliss-reactive ketones (excluding diaryl/α,β-unsaturated/α-hetero) is 1. The molecule has 0 fully saturated rings. The summed E-state index contributed by atoms with van der Waals surface area (Å²) in [4.78, 5) is 30.4. The molecule has 2 aromatic rings. The van der Waals surface area contributed by atoms with Crippen LogP contribution >= 0.6 is 7.82 Å². The number of carbonyl (C=O) groups is 1. The van der Waals surface area contributed by atoms with E-state index in [9.17, 15) is 24.7 Å². The highest BCUT2D eigenvalue weighted by Crippen LogP contribution is 2.44. The molecule has 0 radical (unpaired) electrons. The van der Waals surface area contributed by atoms with E-state index in [0.29, 0.717) is 5.56 Å². The Bertz CT molecular complexity index is 842. The van der Waals surface area contributed by atoms with E-state index in [0.717, 1.165) is 12.1 Å². The Hall–Kier alpha value is -2.54. The van der Waals surface area contributed by atoms with Crippen LogP contribution in [0.5, 0.6) is 23.0 Å². The van der Waals surface area contributed by atoms with Gasteiger partial charge in [0.25, 0.3) is 0 Å². The summed E-state index contributed by atoms with van der Waals surface area (Å²) < 4.78 is 15.5. The molecule has 1 unspecified atom stereocenters. The Morgan fingerprint density at radius 2 is 1.80 bits per heavy atom. The van der Waals surface area contributed by atoms with Gasteiger partial charge in [0.05, 0.1) is 0 Å². The second-order valence-electron chi connectivity index (χ2n) is 5.54. The number of rotatable bonds is 6. The maximum absolute atomic E-state index is 12.5. The van der Waals surface area contributed by atoms with E-state index in [1.54, 1.807) is 19.1 Å². The summed E-state index contributed by atoms with van der Waals surface area (Å²) in [7, 11) is -5.00. The molecular formula is C16H17O8P. The van der Waals surface area contributed by atoms with E-state index in [-0.39, 0.29) is 18.1 Å². The van der Waals surface area contributed by atoms with Crippen LogP contribution in [0.3, 0.4) is 0 Å². The molecule has 0 aliphatic rings. The van der Waals surface area contributed by atoms with Crippen LogP contribution in [0.15, 0.2) is 36.4 Å². The zero-order valence-corrected chi connectivity index (χ0v) is 14.1. The number of aromatic hydroxyl groups is 3. The van der Waals surface area contributed by atoms with Gasteiger partial charge in [-0.15, -0.1) is 0 Å². The highest BCUT2D eigenvalue weighted by atomic mass is 31.2. The molecule has 134 valence electrons. The Morgan fingerprint density at radius 3 is 2.40 bits per heavy atom. The molecule has 0 aliphatic carbocycles. The van der Waals surface area contributed by atoms with Gasteiger partial charge in [-0.2, -0.15) is 0 Å². The fourth-order valence-corrected chi connectivity index (χ4v) is 2.80. The van der Waals surface area contributed by atoms with E-state index < -0.39 is 36.4 Å². The van der Waals surface area contributed by atoms with Gasteiger partial charge >= 0.3 is 7.82 Å². The number of phosphoric acid groups is 1. The summed E-state index contributed by atoms with van der Waals surface area (Å²) in [6.45, 7) is 1.72. The van der Waals surface area contributed by atoms with Gasteiger partial charge in [0, 0.05) is 18.6 Å². The predicted molar refractivity (Wildman–Crippen MR) is 87.9 cm³/mol. The minimum Gasteiger partial charge on any atom is -0.508 e. The Labute approximate surface area is 143 Å². The van der Waals surface area contributed by atoms with E-state index >= 15 is 0 Å². The monoisotopic (exact) mass is 368 g/mol. The largest absolute Gasteiger partial charge is 0.524 e. The molecule has 0 bridgehead atoms. The third-order valence-corrected chi connectivity index (χ3v) is 3.93. The summed E-state index contributed by atoms with van der Waals surface area (Å²) in [6, 6.07) is 8.01. The van der Waals surface area contributed by atoms with Gasteiger partial charge in [-0.05, 0) is 23.6 Å². The molecule has 9 heteroatoms. The standard InChI is InChI=1S/C16H17O8P/c1-9(10-3-2-4-11(17)6-10)5-13(19)16-14(20)7-12(18)8-15(16)24-25(21,22)23/h2-4,6-9,17-18,20H,5H2,1H3,(H2,21,22,23). The number of hydrogen-bond donors (Lipinski definition) is 5.